The van der Waals surface area contributed by atoms with Crippen LogP contribution in [0.25, 0.3) is 11.1 Å². The van der Waals surface area contributed by atoms with Gasteiger partial charge in [-0.1, -0.05) is 32.0 Å². The molecule has 1 aromatic carbocycles. The number of amides is 1. The third-order valence-electron chi connectivity index (χ3n) is 3.47. The molecule has 0 bridgehead atoms. The second kappa shape index (κ2) is 7.31. The van der Waals surface area contributed by atoms with Crippen LogP contribution >= 0.6 is 11.3 Å². The van der Waals surface area contributed by atoms with Gasteiger partial charge in [-0.05, 0) is 18.9 Å². The van der Waals surface area contributed by atoms with Gasteiger partial charge in [0.05, 0.1) is 17.7 Å². The van der Waals surface area contributed by atoms with E-state index in [0.29, 0.717) is 17.1 Å². The van der Waals surface area contributed by atoms with Gasteiger partial charge in [0.25, 0.3) is 5.91 Å². The summed E-state index contributed by atoms with van der Waals surface area (Å²) in [6.07, 6.45) is 1.71. The van der Waals surface area contributed by atoms with Gasteiger partial charge >= 0.3 is 0 Å². The molecule has 1 heterocycles. The molecule has 1 amide bonds. The number of thiophene rings is 1. The van der Waals surface area contributed by atoms with Crippen molar-refractivity contribution in [3.63, 3.8) is 0 Å². The molecule has 0 fully saturated rings. The van der Waals surface area contributed by atoms with Crippen LogP contribution in [0.5, 0.6) is 5.75 Å². The Bertz CT molecular complexity index is 665. The maximum absolute atomic E-state index is 12.5. The number of hydrogen-bond donors (Lipinski definition) is 2. The van der Waals surface area contributed by atoms with Crippen molar-refractivity contribution in [3.8, 4) is 16.9 Å². The maximum atomic E-state index is 12.5. The van der Waals surface area contributed by atoms with E-state index in [9.17, 15) is 4.79 Å². The fourth-order valence-corrected chi connectivity index (χ4v) is 3.46. The first-order valence-corrected chi connectivity index (χ1v) is 8.28. The monoisotopic (exact) mass is 318 g/mol. The highest BCUT2D eigenvalue weighted by molar-refractivity contribution is 7.17. The summed E-state index contributed by atoms with van der Waals surface area (Å²) in [7, 11) is 1.64. The van der Waals surface area contributed by atoms with Crippen molar-refractivity contribution in [2.24, 2.45) is 0 Å². The predicted molar refractivity (Wildman–Crippen MR) is 92.7 cm³/mol. The Morgan fingerprint density at radius 2 is 2.05 bits per heavy atom. The average molecular weight is 318 g/mol. The lowest BCUT2D eigenvalue weighted by Gasteiger charge is -2.12. The van der Waals surface area contributed by atoms with Gasteiger partial charge in [0.1, 0.15) is 5.75 Å². The lowest BCUT2D eigenvalue weighted by atomic mass is 9.98. The van der Waals surface area contributed by atoms with Crippen LogP contribution < -0.4 is 15.8 Å². The molecule has 0 spiro atoms. The van der Waals surface area contributed by atoms with Gasteiger partial charge in [-0.25, -0.2) is 0 Å². The van der Waals surface area contributed by atoms with E-state index < -0.39 is 0 Å². The van der Waals surface area contributed by atoms with E-state index in [1.165, 1.54) is 11.3 Å². The van der Waals surface area contributed by atoms with Gasteiger partial charge in [0.15, 0.2) is 0 Å². The first-order chi connectivity index (χ1) is 10.6. The van der Waals surface area contributed by atoms with Crippen LogP contribution in [0.1, 0.15) is 35.5 Å². The quantitative estimate of drug-likeness (QED) is 0.853. The number of aryl methyl sites for hydroxylation is 1. The zero-order chi connectivity index (χ0) is 16.1. The Morgan fingerprint density at radius 3 is 2.68 bits per heavy atom. The Morgan fingerprint density at radius 1 is 1.32 bits per heavy atom. The van der Waals surface area contributed by atoms with Gasteiger partial charge < -0.3 is 15.8 Å². The van der Waals surface area contributed by atoms with Crippen molar-refractivity contribution < 1.29 is 9.53 Å². The second-order valence-electron chi connectivity index (χ2n) is 4.95. The third-order valence-corrected chi connectivity index (χ3v) is 4.63. The lowest BCUT2D eigenvalue weighted by Crippen LogP contribution is -2.24. The molecule has 1 aromatic heterocycles. The highest BCUT2D eigenvalue weighted by Gasteiger charge is 2.24. The minimum absolute atomic E-state index is 0.115. The second-order valence-corrected chi connectivity index (χ2v) is 6.09. The number of carbonyl (C=O) groups excluding carboxylic acids is 1. The molecule has 0 aliphatic carbocycles. The number of para-hydroxylation sites is 1. The fourth-order valence-electron chi connectivity index (χ4n) is 2.43. The number of ether oxygens (including phenoxy) is 1. The number of rotatable bonds is 6. The zero-order valence-corrected chi connectivity index (χ0v) is 14.0. The predicted octanol–water partition coefficient (Wildman–Crippen LogP) is 3.71. The SMILES string of the molecule is CCCNC(=O)c1c(N)sc(CC)c1-c1ccccc1OC. The van der Waals surface area contributed by atoms with Gasteiger partial charge in [0, 0.05) is 22.5 Å². The van der Waals surface area contributed by atoms with Crippen molar-refractivity contribution in [1.82, 2.24) is 5.32 Å². The van der Waals surface area contributed by atoms with Crippen molar-refractivity contribution in [2.45, 2.75) is 26.7 Å². The summed E-state index contributed by atoms with van der Waals surface area (Å²) < 4.78 is 5.46. The molecule has 5 heteroatoms. The largest absolute Gasteiger partial charge is 0.496 e. The zero-order valence-electron chi connectivity index (χ0n) is 13.2. The topological polar surface area (TPSA) is 64.4 Å². The number of nitrogen functional groups attached to an aromatic ring is 1. The minimum Gasteiger partial charge on any atom is -0.496 e. The molecule has 0 unspecified atom stereocenters. The Kier molecular flexibility index (Phi) is 5.44. The fraction of sp³-hybridized carbons (Fsp3) is 0.353. The van der Waals surface area contributed by atoms with Gasteiger partial charge in [0.2, 0.25) is 0 Å². The first kappa shape index (κ1) is 16.4. The Hall–Kier alpha value is -2.01. The molecule has 0 atom stereocenters. The molecule has 4 nitrogen and oxygen atoms in total. The smallest absolute Gasteiger partial charge is 0.254 e. The summed E-state index contributed by atoms with van der Waals surface area (Å²) in [5.41, 5.74) is 8.52. The van der Waals surface area contributed by atoms with Gasteiger partial charge in [-0.2, -0.15) is 0 Å². The summed E-state index contributed by atoms with van der Waals surface area (Å²) in [6.45, 7) is 4.73. The summed E-state index contributed by atoms with van der Waals surface area (Å²) >= 11 is 1.48. The molecule has 0 aliphatic heterocycles. The van der Waals surface area contributed by atoms with E-state index >= 15 is 0 Å². The van der Waals surface area contributed by atoms with Gasteiger partial charge in [-0.15, -0.1) is 11.3 Å². The van der Waals surface area contributed by atoms with Crippen LogP contribution in [0, 0.1) is 0 Å². The van der Waals surface area contributed by atoms with E-state index in [1.807, 2.05) is 31.2 Å². The van der Waals surface area contributed by atoms with E-state index in [2.05, 4.69) is 12.2 Å². The van der Waals surface area contributed by atoms with Gasteiger partial charge in [-0.3, -0.25) is 4.79 Å². The average Bonchev–Trinajstić information content (AvgIpc) is 2.88. The highest BCUT2D eigenvalue weighted by atomic mass is 32.1. The molecular formula is C17H22N2O2S. The number of benzene rings is 1. The van der Waals surface area contributed by atoms with Crippen molar-refractivity contribution in [2.75, 3.05) is 19.4 Å². The standard InChI is InChI=1S/C17H22N2O2S/c1-4-10-19-17(20)15-14(13(5-2)22-16(15)18)11-8-6-7-9-12(11)21-3/h6-9H,4-5,10,18H2,1-3H3,(H,19,20). The molecule has 2 rings (SSSR count). The summed E-state index contributed by atoms with van der Waals surface area (Å²) in [6, 6.07) is 7.73. The molecular weight excluding hydrogens is 296 g/mol. The molecule has 3 N–H and O–H groups in total. The first-order valence-electron chi connectivity index (χ1n) is 7.46. The molecule has 22 heavy (non-hydrogen) atoms. The molecule has 0 radical (unpaired) electrons. The van der Waals surface area contributed by atoms with Crippen LogP contribution in [-0.4, -0.2) is 19.6 Å². The number of anilines is 1. The van der Waals surface area contributed by atoms with Crippen LogP contribution in [0.15, 0.2) is 24.3 Å². The number of hydrogen-bond acceptors (Lipinski definition) is 4. The molecule has 118 valence electrons. The number of carbonyl (C=O) groups is 1. The van der Waals surface area contributed by atoms with Crippen LogP contribution in [0.2, 0.25) is 0 Å². The molecule has 0 saturated carbocycles. The highest BCUT2D eigenvalue weighted by Crippen LogP contribution is 2.42. The minimum atomic E-state index is -0.115. The van der Waals surface area contributed by atoms with E-state index in [4.69, 9.17) is 10.5 Å². The van der Waals surface area contributed by atoms with Crippen LogP contribution in [0.3, 0.4) is 0 Å². The van der Waals surface area contributed by atoms with E-state index in [0.717, 1.165) is 34.6 Å². The van der Waals surface area contributed by atoms with Crippen molar-refractivity contribution in [1.29, 1.82) is 0 Å². The van der Waals surface area contributed by atoms with E-state index in [1.54, 1.807) is 7.11 Å². The number of nitrogens with two attached hydrogens (primary N) is 1. The van der Waals surface area contributed by atoms with E-state index in [-0.39, 0.29) is 5.91 Å². The Labute approximate surface area is 135 Å². The lowest BCUT2D eigenvalue weighted by molar-refractivity contribution is 0.0955. The summed E-state index contributed by atoms with van der Waals surface area (Å²) in [5.74, 6) is 0.635. The molecule has 2 aromatic rings. The third kappa shape index (κ3) is 3.09. The van der Waals surface area contributed by atoms with Crippen molar-refractivity contribution >= 4 is 22.2 Å². The van der Waals surface area contributed by atoms with Crippen LogP contribution in [-0.2, 0) is 6.42 Å². The number of nitrogens with one attached hydrogen (secondary N) is 1. The summed E-state index contributed by atoms with van der Waals surface area (Å²) in [5, 5.41) is 3.48. The normalized spacial score (nSPS) is 10.5. The molecule has 0 aliphatic rings. The summed E-state index contributed by atoms with van der Waals surface area (Å²) in [4.78, 5) is 13.6. The van der Waals surface area contributed by atoms with Crippen LogP contribution in [0.4, 0.5) is 5.00 Å². The molecule has 0 saturated heterocycles. The van der Waals surface area contributed by atoms with Crippen molar-refractivity contribution in [3.05, 3.63) is 34.7 Å². The number of methoxy groups -OCH3 is 1. The maximum Gasteiger partial charge on any atom is 0.254 e. The Balaban J connectivity index is 2.60.